The van der Waals surface area contributed by atoms with E-state index in [9.17, 15) is 9.59 Å². The Morgan fingerprint density at radius 3 is 2.69 bits per heavy atom. The molecule has 182 valence electrons. The summed E-state index contributed by atoms with van der Waals surface area (Å²) < 4.78 is 7.79. The number of methoxy groups -OCH3 is 1. The number of carbonyl (C=O) groups is 2. The van der Waals surface area contributed by atoms with Crippen LogP contribution in [0.15, 0.2) is 42.5 Å². The fraction of sp³-hybridized carbons (Fsp3) is 0.385. The Labute approximate surface area is 207 Å². The van der Waals surface area contributed by atoms with Gasteiger partial charge in [-0.1, -0.05) is 41.7 Å². The van der Waals surface area contributed by atoms with E-state index < -0.39 is 0 Å². The van der Waals surface area contributed by atoms with E-state index in [-0.39, 0.29) is 23.4 Å². The molecule has 0 saturated carbocycles. The van der Waals surface area contributed by atoms with Crippen molar-refractivity contribution >= 4 is 49.4 Å². The molecule has 5 rings (SSSR count). The molecule has 0 spiro atoms. The Balaban J connectivity index is 1.48. The van der Waals surface area contributed by atoms with E-state index in [1.165, 1.54) is 11.3 Å². The molecule has 0 aliphatic carbocycles. The molecule has 2 aromatic heterocycles. The first-order valence-corrected chi connectivity index (χ1v) is 12.6. The number of aromatic nitrogens is 3. The van der Waals surface area contributed by atoms with E-state index in [0.29, 0.717) is 39.9 Å². The molecule has 0 bridgehead atoms. The van der Waals surface area contributed by atoms with Crippen LogP contribution in [-0.4, -0.2) is 57.8 Å². The van der Waals surface area contributed by atoms with E-state index >= 15 is 0 Å². The normalized spacial score (nSPS) is 16.3. The van der Waals surface area contributed by atoms with Crippen molar-refractivity contribution in [2.75, 3.05) is 25.6 Å². The average molecular weight is 492 g/mol. The number of hydrogen-bond acceptors (Lipinski definition) is 6. The number of likely N-dealkylation sites (tertiary alicyclic amines) is 1. The minimum absolute atomic E-state index is 0.0438. The summed E-state index contributed by atoms with van der Waals surface area (Å²) in [6, 6.07) is 13.6. The number of nitrogens with one attached hydrogen (secondary N) is 1. The number of carbonyl (C=O) groups excluding carboxylic acids is 2. The third-order valence-corrected chi connectivity index (χ3v) is 7.26. The highest BCUT2D eigenvalue weighted by Crippen LogP contribution is 2.34. The number of amides is 2. The second kappa shape index (κ2) is 9.05. The maximum atomic E-state index is 13.5. The number of rotatable bonds is 5. The van der Waals surface area contributed by atoms with Crippen molar-refractivity contribution < 1.29 is 14.3 Å². The highest BCUT2D eigenvalue weighted by atomic mass is 32.1. The van der Waals surface area contributed by atoms with Crippen molar-refractivity contribution in [1.29, 1.82) is 0 Å². The lowest BCUT2D eigenvalue weighted by atomic mass is 10.1. The summed E-state index contributed by atoms with van der Waals surface area (Å²) in [5.41, 5.74) is 1.14. The summed E-state index contributed by atoms with van der Waals surface area (Å²) in [5, 5.41) is 10.1. The predicted molar refractivity (Wildman–Crippen MR) is 138 cm³/mol. The highest BCUT2D eigenvalue weighted by Gasteiger charge is 2.34. The summed E-state index contributed by atoms with van der Waals surface area (Å²) in [7, 11) is 1.65. The lowest BCUT2D eigenvalue weighted by Gasteiger charge is -2.23. The van der Waals surface area contributed by atoms with Gasteiger partial charge in [0.1, 0.15) is 4.70 Å². The van der Waals surface area contributed by atoms with Gasteiger partial charge in [-0.15, -0.1) is 0 Å². The first-order chi connectivity index (χ1) is 16.8. The van der Waals surface area contributed by atoms with E-state index in [4.69, 9.17) is 9.84 Å². The van der Waals surface area contributed by atoms with Crippen molar-refractivity contribution in [3.63, 3.8) is 0 Å². The summed E-state index contributed by atoms with van der Waals surface area (Å²) in [4.78, 5) is 33.1. The maximum Gasteiger partial charge on any atom is 0.276 e. The molecule has 1 N–H and O–H groups in total. The van der Waals surface area contributed by atoms with Crippen LogP contribution in [0.3, 0.4) is 0 Å². The molecule has 8 nitrogen and oxygen atoms in total. The highest BCUT2D eigenvalue weighted by molar-refractivity contribution is 7.22. The largest absolute Gasteiger partial charge is 0.383 e. The van der Waals surface area contributed by atoms with E-state index in [2.05, 4.69) is 10.3 Å². The minimum Gasteiger partial charge on any atom is -0.383 e. The van der Waals surface area contributed by atoms with Crippen molar-refractivity contribution in [3.8, 4) is 0 Å². The van der Waals surface area contributed by atoms with E-state index in [1.54, 1.807) is 17.9 Å². The van der Waals surface area contributed by atoms with Crippen molar-refractivity contribution in [1.82, 2.24) is 19.7 Å². The third-order valence-electron chi connectivity index (χ3n) is 6.29. The first-order valence-electron chi connectivity index (χ1n) is 11.8. The van der Waals surface area contributed by atoms with Crippen molar-refractivity contribution in [2.24, 2.45) is 0 Å². The minimum atomic E-state index is -0.387. The second-order valence-electron chi connectivity index (χ2n) is 9.87. The molecule has 1 atom stereocenters. The van der Waals surface area contributed by atoms with Gasteiger partial charge in [-0.2, -0.15) is 10.1 Å². The maximum absolute atomic E-state index is 13.5. The fourth-order valence-corrected chi connectivity index (χ4v) is 5.49. The van der Waals surface area contributed by atoms with Gasteiger partial charge in [0.15, 0.2) is 16.5 Å². The summed E-state index contributed by atoms with van der Waals surface area (Å²) >= 11 is 1.28. The van der Waals surface area contributed by atoms with Gasteiger partial charge in [0.25, 0.3) is 11.8 Å². The number of hydrogen-bond donors (Lipinski definition) is 1. The van der Waals surface area contributed by atoms with Crippen LogP contribution in [0.4, 0.5) is 5.13 Å². The average Bonchev–Trinajstić information content (AvgIpc) is 3.53. The molecule has 3 heterocycles. The first kappa shape index (κ1) is 23.4. The molecule has 2 aromatic carbocycles. The number of thiazole rings is 1. The van der Waals surface area contributed by atoms with E-state index in [1.807, 2.05) is 62.1 Å². The lowest BCUT2D eigenvalue weighted by molar-refractivity contribution is 0.0625. The molecular formula is C26H29N5O3S. The third kappa shape index (κ3) is 4.41. The summed E-state index contributed by atoms with van der Waals surface area (Å²) in [5.74, 6) is -0.358. The standard InChI is InChI=1S/C26H29N5O3S/c1-26(2,3)31-22-21(20(29-31)24(33)30-13-7-10-19(30)15-34-4)35-25(27-22)28-23(32)18-12-11-16-8-5-6-9-17(16)14-18/h5-6,8-9,11-12,14,19H,7,10,13,15H2,1-4H3,(H,27,28,32)/t19-/m0/s1. The van der Waals surface area contributed by atoms with Crippen LogP contribution in [0.5, 0.6) is 0 Å². The zero-order valence-electron chi connectivity index (χ0n) is 20.4. The zero-order chi connectivity index (χ0) is 24.7. The van der Waals surface area contributed by atoms with Gasteiger partial charge in [-0.3, -0.25) is 14.9 Å². The van der Waals surface area contributed by atoms with E-state index in [0.717, 1.165) is 23.6 Å². The molecule has 9 heteroatoms. The number of benzene rings is 2. The summed E-state index contributed by atoms with van der Waals surface area (Å²) in [6.07, 6.45) is 1.86. The predicted octanol–water partition coefficient (Wildman–Crippen LogP) is 4.90. The molecule has 2 amide bonds. The van der Waals surface area contributed by atoms with Crippen LogP contribution in [0, 0.1) is 0 Å². The Bertz CT molecular complexity index is 1420. The van der Waals surface area contributed by atoms with Crippen molar-refractivity contribution in [2.45, 2.75) is 45.2 Å². The topological polar surface area (TPSA) is 89.3 Å². The van der Waals surface area contributed by atoms with Crippen LogP contribution in [-0.2, 0) is 10.3 Å². The molecular weight excluding hydrogens is 462 g/mol. The molecule has 0 radical (unpaired) electrons. The molecule has 35 heavy (non-hydrogen) atoms. The van der Waals surface area contributed by atoms with Crippen LogP contribution in [0.1, 0.15) is 54.5 Å². The molecule has 1 saturated heterocycles. The van der Waals surface area contributed by atoms with Gasteiger partial charge >= 0.3 is 0 Å². The second-order valence-corrected chi connectivity index (χ2v) is 10.9. The van der Waals surface area contributed by atoms with Crippen LogP contribution in [0.2, 0.25) is 0 Å². The van der Waals surface area contributed by atoms with Gasteiger partial charge < -0.3 is 9.64 Å². The smallest absolute Gasteiger partial charge is 0.276 e. The van der Waals surface area contributed by atoms with Gasteiger partial charge in [0.2, 0.25) is 0 Å². The molecule has 1 fully saturated rings. The molecule has 1 aliphatic heterocycles. The molecule has 0 unspecified atom stereocenters. The zero-order valence-corrected chi connectivity index (χ0v) is 21.2. The number of anilines is 1. The Kier molecular flexibility index (Phi) is 6.06. The van der Waals surface area contributed by atoms with Gasteiger partial charge in [-0.05, 0) is 56.5 Å². The van der Waals surface area contributed by atoms with Crippen LogP contribution < -0.4 is 5.32 Å². The van der Waals surface area contributed by atoms with Crippen LogP contribution in [0.25, 0.3) is 21.1 Å². The Morgan fingerprint density at radius 1 is 1.17 bits per heavy atom. The molecule has 4 aromatic rings. The number of nitrogens with zero attached hydrogens (tertiary/aromatic N) is 4. The van der Waals surface area contributed by atoms with Crippen molar-refractivity contribution in [3.05, 3.63) is 53.7 Å². The Hall–Kier alpha value is -3.30. The summed E-state index contributed by atoms with van der Waals surface area (Å²) in [6.45, 7) is 7.24. The van der Waals surface area contributed by atoms with Crippen LogP contribution >= 0.6 is 11.3 Å². The van der Waals surface area contributed by atoms with Gasteiger partial charge in [-0.25, -0.2) is 4.68 Å². The quantitative estimate of drug-likeness (QED) is 0.429. The SMILES string of the molecule is COC[C@@H]1CCCN1C(=O)c1nn(C(C)(C)C)c2nc(NC(=O)c3ccc4ccccc4c3)sc12. The molecule has 1 aliphatic rings. The van der Waals surface area contributed by atoms with Gasteiger partial charge in [0, 0.05) is 19.2 Å². The lowest BCUT2D eigenvalue weighted by Crippen LogP contribution is -2.38. The Morgan fingerprint density at radius 2 is 1.94 bits per heavy atom. The number of fused-ring (bicyclic) bond motifs is 2. The van der Waals surface area contributed by atoms with Gasteiger partial charge in [0.05, 0.1) is 18.2 Å². The number of ether oxygens (including phenoxy) is 1. The fourth-order valence-electron chi connectivity index (χ4n) is 4.57. The monoisotopic (exact) mass is 491 g/mol.